The van der Waals surface area contributed by atoms with E-state index in [1.807, 2.05) is 0 Å². The van der Waals surface area contributed by atoms with E-state index in [4.69, 9.17) is 0 Å². The van der Waals surface area contributed by atoms with Crippen molar-refractivity contribution < 1.29 is 18.7 Å². The van der Waals surface area contributed by atoms with Crippen molar-refractivity contribution in [3.05, 3.63) is 57.8 Å². The van der Waals surface area contributed by atoms with Gasteiger partial charge in [0.2, 0.25) is 0 Å². The van der Waals surface area contributed by atoms with E-state index in [-0.39, 0.29) is 6.54 Å². The van der Waals surface area contributed by atoms with Crippen LogP contribution in [0.3, 0.4) is 0 Å². The first-order valence-corrected chi connectivity index (χ1v) is 6.46. The summed E-state index contributed by atoms with van der Waals surface area (Å²) in [7, 11) is 0. The molecule has 1 aromatic carbocycles. The lowest BCUT2D eigenvalue weighted by Crippen LogP contribution is -2.29. The van der Waals surface area contributed by atoms with Crippen LogP contribution in [0.15, 0.2) is 35.0 Å². The van der Waals surface area contributed by atoms with Gasteiger partial charge < -0.3 is 10.4 Å². The van der Waals surface area contributed by atoms with Crippen LogP contribution in [0.2, 0.25) is 0 Å². The van der Waals surface area contributed by atoms with Crippen molar-refractivity contribution in [2.24, 2.45) is 0 Å². The number of carbonyl (C=O) groups excluding carboxylic acids is 1. The molecule has 0 fully saturated rings. The SMILES string of the molecule is O=C(NCC(O)c1ccsc1)c1c(F)cccc1F. The van der Waals surface area contributed by atoms with Gasteiger partial charge in [-0.1, -0.05) is 6.07 Å². The van der Waals surface area contributed by atoms with Gasteiger partial charge in [-0.25, -0.2) is 8.78 Å². The molecule has 2 rings (SSSR count). The summed E-state index contributed by atoms with van der Waals surface area (Å²) in [5.74, 6) is -2.74. The highest BCUT2D eigenvalue weighted by atomic mass is 32.1. The summed E-state index contributed by atoms with van der Waals surface area (Å²) in [5.41, 5.74) is 0.0133. The highest BCUT2D eigenvalue weighted by molar-refractivity contribution is 7.07. The molecule has 1 atom stereocenters. The van der Waals surface area contributed by atoms with Gasteiger partial charge in [-0.15, -0.1) is 0 Å². The van der Waals surface area contributed by atoms with Gasteiger partial charge in [0.25, 0.3) is 5.91 Å². The predicted octanol–water partition coefficient (Wildman–Crippen LogP) is 2.49. The summed E-state index contributed by atoms with van der Waals surface area (Å²) in [6.07, 6.45) is -0.898. The minimum Gasteiger partial charge on any atom is -0.387 e. The number of carbonyl (C=O) groups is 1. The van der Waals surface area contributed by atoms with E-state index >= 15 is 0 Å². The number of hydrogen-bond donors (Lipinski definition) is 2. The van der Waals surface area contributed by atoms with Crippen LogP contribution in [-0.2, 0) is 0 Å². The molecule has 0 saturated carbocycles. The Morgan fingerprint density at radius 3 is 2.58 bits per heavy atom. The van der Waals surface area contributed by atoms with E-state index in [0.29, 0.717) is 5.56 Å². The molecule has 3 nitrogen and oxygen atoms in total. The van der Waals surface area contributed by atoms with Crippen molar-refractivity contribution in [2.75, 3.05) is 6.54 Å². The smallest absolute Gasteiger partial charge is 0.257 e. The number of aliphatic hydroxyl groups excluding tert-OH is 1. The third-order valence-electron chi connectivity index (χ3n) is 2.57. The highest BCUT2D eigenvalue weighted by Gasteiger charge is 2.18. The number of rotatable bonds is 4. The Balaban J connectivity index is 2.02. The van der Waals surface area contributed by atoms with Crippen molar-refractivity contribution >= 4 is 17.2 Å². The molecule has 0 saturated heterocycles. The molecule has 0 aliphatic heterocycles. The maximum atomic E-state index is 13.3. The molecule has 19 heavy (non-hydrogen) atoms. The second-order valence-corrected chi connectivity index (χ2v) is 4.66. The largest absolute Gasteiger partial charge is 0.387 e. The summed E-state index contributed by atoms with van der Waals surface area (Å²) in [6.45, 7) is -0.108. The Bertz CT molecular complexity index is 552. The van der Waals surface area contributed by atoms with Gasteiger partial charge in [0.1, 0.15) is 17.2 Å². The van der Waals surface area contributed by atoms with Crippen molar-refractivity contribution in [3.8, 4) is 0 Å². The molecule has 0 bridgehead atoms. The molecular weight excluding hydrogens is 272 g/mol. The molecule has 2 N–H and O–H groups in total. The second kappa shape index (κ2) is 5.90. The van der Waals surface area contributed by atoms with Crippen LogP contribution in [0.5, 0.6) is 0 Å². The van der Waals surface area contributed by atoms with Gasteiger partial charge in [0, 0.05) is 6.54 Å². The minimum absolute atomic E-state index is 0.108. The molecule has 1 aromatic heterocycles. The number of nitrogens with one attached hydrogen (secondary N) is 1. The first-order chi connectivity index (χ1) is 9.09. The van der Waals surface area contributed by atoms with Crippen LogP contribution in [0.25, 0.3) is 0 Å². The number of benzene rings is 1. The van der Waals surface area contributed by atoms with E-state index in [0.717, 1.165) is 12.1 Å². The highest BCUT2D eigenvalue weighted by Crippen LogP contribution is 2.16. The molecule has 1 heterocycles. The zero-order valence-corrected chi connectivity index (χ0v) is 10.6. The molecule has 0 spiro atoms. The molecule has 1 amide bonds. The molecule has 0 aliphatic carbocycles. The number of hydrogen-bond acceptors (Lipinski definition) is 3. The van der Waals surface area contributed by atoms with Crippen molar-refractivity contribution in [1.82, 2.24) is 5.32 Å². The normalized spacial score (nSPS) is 12.2. The molecule has 100 valence electrons. The monoisotopic (exact) mass is 283 g/mol. The zero-order chi connectivity index (χ0) is 13.8. The molecule has 0 radical (unpaired) electrons. The van der Waals surface area contributed by atoms with Gasteiger partial charge in [-0.2, -0.15) is 11.3 Å². The first-order valence-electron chi connectivity index (χ1n) is 5.52. The van der Waals surface area contributed by atoms with E-state index in [2.05, 4.69) is 5.32 Å². The van der Waals surface area contributed by atoms with E-state index in [9.17, 15) is 18.7 Å². The van der Waals surface area contributed by atoms with Crippen LogP contribution in [0.4, 0.5) is 8.78 Å². The number of amides is 1. The quantitative estimate of drug-likeness (QED) is 0.905. The maximum absolute atomic E-state index is 13.3. The van der Waals surface area contributed by atoms with E-state index < -0.39 is 29.2 Å². The van der Waals surface area contributed by atoms with Gasteiger partial charge in [0.15, 0.2) is 0 Å². The Labute approximate surface area is 112 Å². The predicted molar refractivity (Wildman–Crippen MR) is 68.0 cm³/mol. The second-order valence-electron chi connectivity index (χ2n) is 3.88. The molecule has 1 unspecified atom stereocenters. The first kappa shape index (κ1) is 13.6. The lowest BCUT2D eigenvalue weighted by atomic mass is 10.1. The lowest BCUT2D eigenvalue weighted by Gasteiger charge is -2.11. The fourth-order valence-corrected chi connectivity index (χ4v) is 2.28. The van der Waals surface area contributed by atoms with Crippen LogP contribution < -0.4 is 5.32 Å². The van der Waals surface area contributed by atoms with Crippen LogP contribution >= 0.6 is 11.3 Å². The molecular formula is C13H11F2NO2S. The van der Waals surface area contributed by atoms with Crippen LogP contribution in [0, 0.1) is 11.6 Å². The minimum atomic E-state index is -0.928. The topological polar surface area (TPSA) is 49.3 Å². The third-order valence-corrected chi connectivity index (χ3v) is 3.28. The summed E-state index contributed by atoms with van der Waals surface area (Å²) in [4.78, 5) is 11.7. The van der Waals surface area contributed by atoms with Crippen LogP contribution in [-0.4, -0.2) is 17.6 Å². The summed E-state index contributed by atoms with van der Waals surface area (Å²) >= 11 is 1.41. The fourth-order valence-electron chi connectivity index (χ4n) is 1.57. The Morgan fingerprint density at radius 1 is 1.32 bits per heavy atom. The summed E-state index contributed by atoms with van der Waals surface area (Å²) < 4.78 is 26.7. The Hall–Kier alpha value is -1.79. The van der Waals surface area contributed by atoms with Crippen molar-refractivity contribution in [1.29, 1.82) is 0 Å². The van der Waals surface area contributed by atoms with Gasteiger partial charge in [0.05, 0.1) is 6.10 Å². The number of thiophene rings is 1. The maximum Gasteiger partial charge on any atom is 0.257 e. The van der Waals surface area contributed by atoms with E-state index in [1.54, 1.807) is 16.8 Å². The summed E-state index contributed by atoms with van der Waals surface area (Å²) in [6, 6.07) is 4.91. The van der Waals surface area contributed by atoms with Crippen molar-refractivity contribution in [2.45, 2.75) is 6.10 Å². The standard InChI is InChI=1S/C13H11F2NO2S/c14-9-2-1-3-10(15)12(9)13(18)16-6-11(17)8-4-5-19-7-8/h1-5,7,11,17H,6H2,(H,16,18). The number of halogens is 2. The zero-order valence-electron chi connectivity index (χ0n) is 9.77. The average Bonchev–Trinajstić information content (AvgIpc) is 2.89. The Morgan fingerprint density at radius 2 is 2.00 bits per heavy atom. The number of aliphatic hydroxyl groups is 1. The molecule has 0 aliphatic rings. The van der Waals surface area contributed by atoms with Gasteiger partial charge in [-0.3, -0.25) is 4.79 Å². The summed E-state index contributed by atoms with van der Waals surface area (Å²) in [5, 5.41) is 15.6. The van der Waals surface area contributed by atoms with E-state index in [1.165, 1.54) is 17.4 Å². The average molecular weight is 283 g/mol. The molecule has 6 heteroatoms. The lowest BCUT2D eigenvalue weighted by molar-refractivity contribution is 0.0908. The molecule has 2 aromatic rings. The fraction of sp³-hybridized carbons (Fsp3) is 0.154. The van der Waals surface area contributed by atoms with Gasteiger partial charge in [-0.05, 0) is 34.5 Å². The third kappa shape index (κ3) is 3.15. The van der Waals surface area contributed by atoms with Crippen molar-refractivity contribution in [3.63, 3.8) is 0 Å². The van der Waals surface area contributed by atoms with Gasteiger partial charge >= 0.3 is 0 Å². The Kier molecular flexibility index (Phi) is 4.24. The van der Waals surface area contributed by atoms with Crippen LogP contribution in [0.1, 0.15) is 22.0 Å².